The largest absolute Gasteiger partial charge is 0.296 e. The highest BCUT2D eigenvalue weighted by Gasteiger charge is 2.29. The first kappa shape index (κ1) is 10.8. The summed E-state index contributed by atoms with van der Waals surface area (Å²) < 4.78 is 1.21. The van der Waals surface area contributed by atoms with E-state index in [1.807, 2.05) is 0 Å². The molecule has 1 aromatic rings. The summed E-state index contributed by atoms with van der Waals surface area (Å²) in [7, 11) is 0. The summed E-state index contributed by atoms with van der Waals surface area (Å²) in [5.41, 5.74) is 3.07. The van der Waals surface area contributed by atoms with Gasteiger partial charge in [-0.05, 0) is 55.4 Å². The molecule has 1 nitrogen and oxygen atoms in total. The Bertz CT molecular complexity index is 398. The van der Waals surface area contributed by atoms with Crippen LogP contribution < -0.4 is 0 Å². The standard InChI is InChI=1S/C14H18BrN/c1-10-14-8-13(15)5-4-12(14)6-7-16(10)9-11-2-3-11/h4-5,8,10-11H,2-3,6-7,9H2,1H3. The Morgan fingerprint density at radius 2 is 2.19 bits per heavy atom. The highest BCUT2D eigenvalue weighted by atomic mass is 79.9. The number of hydrogen-bond donors (Lipinski definition) is 0. The second-order valence-electron chi connectivity index (χ2n) is 5.21. The predicted octanol–water partition coefficient (Wildman–Crippen LogP) is 3.78. The van der Waals surface area contributed by atoms with Crippen LogP contribution in [0.5, 0.6) is 0 Å². The minimum Gasteiger partial charge on any atom is -0.296 e. The lowest BCUT2D eigenvalue weighted by atomic mass is 9.93. The minimum atomic E-state index is 0.599. The molecule has 0 N–H and O–H groups in total. The average molecular weight is 280 g/mol. The van der Waals surface area contributed by atoms with Gasteiger partial charge in [0.15, 0.2) is 0 Å². The molecule has 1 fully saturated rings. The van der Waals surface area contributed by atoms with E-state index in [0.29, 0.717) is 6.04 Å². The monoisotopic (exact) mass is 279 g/mol. The topological polar surface area (TPSA) is 3.24 Å². The van der Waals surface area contributed by atoms with Gasteiger partial charge in [0, 0.05) is 23.6 Å². The third-order valence-corrected chi connectivity index (χ3v) is 4.46. The maximum Gasteiger partial charge on any atom is 0.0323 e. The van der Waals surface area contributed by atoms with Gasteiger partial charge in [0.05, 0.1) is 0 Å². The van der Waals surface area contributed by atoms with Crippen molar-refractivity contribution in [1.29, 1.82) is 0 Å². The van der Waals surface area contributed by atoms with Gasteiger partial charge in [-0.3, -0.25) is 4.90 Å². The molecule has 1 aliphatic carbocycles. The van der Waals surface area contributed by atoms with E-state index in [1.54, 1.807) is 5.56 Å². The molecule has 1 heterocycles. The van der Waals surface area contributed by atoms with E-state index >= 15 is 0 Å². The number of halogens is 1. The summed E-state index contributed by atoms with van der Waals surface area (Å²) in [6, 6.07) is 7.35. The van der Waals surface area contributed by atoms with Gasteiger partial charge in [-0.25, -0.2) is 0 Å². The molecule has 0 radical (unpaired) electrons. The molecule has 0 aromatic heterocycles. The van der Waals surface area contributed by atoms with Crippen molar-refractivity contribution < 1.29 is 0 Å². The molecule has 1 unspecified atom stereocenters. The first-order chi connectivity index (χ1) is 7.74. The second kappa shape index (κ2) is 4.15. The number of nitrogens with zero attached hydrogens (tertiary/aromatic N) is 1. The van der Waals surface area contributed by atoms with Crippen LogP contribution in [0.4, 0.5) is 0 Å². The smallest absolute Gasteiger partial charge is 0.0323 e. The van der Waals surface area contributed by atoms with Gasteiger partial charge in [-0.2, -0.15) is 0 Å². The molecule has 0 bridgehead atoms. The molecule has 0 saturated heterocycles. The number of rotatable bonds is 2. The van der Waals surface area contributed by atoms with Gasteiger partial charge < -0.3 is 0 Å². The minimum absolute atomic E-state index is 0.599. The average Bonchev–Trinajstić information content (AvgIpc) is 3.07. The van der Waals surface area contributed by atoms with Crippen LogP contribution in [0.1, 0.15) is 36.9 Å². The molecule has 1 aromatic carbocycles. The fourth-order valence-corrected chi connectivity index (χ4v) is 3.10. The first-order valence-corrected chi connectivity index (χ1v) is 7.05. The molecule has 1 saturated carbocycles. The van der Waals surface area contributed by atoms with Crippen molar-refractivity contribution >= 4 is 15.9 Å². The van der Waals surface area contributed by atoms with E-state index in [4.69, 9.17) is 0 Å². The van der Waals surface area contributed by atoms with Crippen LogP contribution in [0.15, 0.2) is 22.7 Å². The SMILES string of the molecule is CC1c2cc(Br)ccc2CCN1CC1CC1. The zero-order valence-corrected chi connectivity index (χ0v) is 11.3. The van der Waals surface area contributed by atoms with Crippen LogP contribution in [-0.4, -0.2) is 18.0 Å². The molecule has 1 atom stereocenters. The lowest BCUT2D eigenvalue weighted by Crippen LogP contribution is -2.35. The quantitative estimate of drug-likeness (QED) is 0.797. The highest BCUT2D eigenvalue weighted by Crippen LogP contribution is 2.36. The predicted molar refractivity (Wildman–Crippen MR) is 70.6 cm³/mol. The van der Waals surface area contributed by atoms with E-state index in [-0.39, 0.29) is 0 Å². The second-order valence-corrected chi connectivity index (χ2v) is 6.12. The van der Waals surface area contributed by atoms with Crippen LogP contribution in [0, 0.1) is 5.92 Å². The summed E-state index contributed by atoms with van der Waals surface area (Å²) in [6.07, 6.45) is 4.13. The summed E-state index contributed by atoms with van der Waals surface area (Å²) >= 11 is 3.58. The first-order valence-electron chi connectivity index (χ1n) is 6.26. The molecule has 2 aliphatic rings. The van der Waals surface area contributed by atoms with Crippen LogP contribution in [0.2, 0.25) is 0 Å². The van der Waals surface area contributed by atoms with Crippen LogP contribution in [-0.2, 0) is 6.42 Å². The van der Waals surface area contributed by atoms with Crippen molar-refractivity contribution in [3.8, 4) is 0 Å². The van der Waals surface area contributed by atoms with Crippen molar-refractivity contribution in [3.63, 3.8) is 0 Å². The Labute approximate surface area is 106 Å². The van der Waals surface area contributed by atoms with E-state index in [1.165, 1.54) is 42.4 Å². The van der Waals surface area contributed by atoms with Crippen LogP contribution in [0.25, 0.3) is 0 Å². The molecular weight excluding hydrogens is 262 g/mol. The summed E-state index contributed by atoms with van der Waals surface area (Å²) in [5.74, 6) is 0.996. The Morgan fingerprint density at radius 1 is 1.38 bits per heavy atom. The normalized spacial score (nSPS) is 25.5. The Kier molecular flexibility index (Phi) is 2.80. The van der Waals surface area contributed by atoms with Gasteiger partial charge in [-0.15, -0.1) is 0 Å². The Morgan fingerprint density at radius 3 is 2.94 bits per heavy atom. The lowest BCUT2D eigenvalue weighted by Gasteiger charge is -2.35. The Hall–Kier alpha value is -0.340. The lowest BCUT2D eigenvalue weighted by molar-refractivity contribution is 0.190. The van der Waals surface area contributed by atoms with Crippen molar-refractivity contribution in [2.24, 2.45) is 5.92 Å². The number of benzene rings is 1. The fraction of sp³-hybridized carbons (Fsp3) is 0.571. The molecule has 0 amide bonds. The molecular formula is C14H18BrN. The van der Waals surface area contributed by atoms with Crippen molar-refractivity contribution in [2.75, 3.05) is 13.1 Å². The molecule has 86 valence electrons. The van der Waals surface area contributed by atoms with E-state index in [2.05, 4.69) is 46.0 Å². The van der Waals surface area contributed by atoms with E-state index < -0.39 is 0 Å². The molecule has 1 aliphatic heterocycles. The van der Waals surface area contributed by atoms with Crippen molar-refractivity contribution in [2.45, 2.75) is 32.2 Å². The van der Waals surface area contributed by atoms with Gasteiger partial charge >= 0.3 is 0 Å². The third kappa shape index (κ3) is 2.05. The van der Waals surface area contributed by atoms with Gasteiger partial charge in [0.25, 0.3) is 0 Å². The van der Waals surface area contributed by atoms with E-state index in [0.717, 1.165) is 5.92 Å². The number of fused-ring (bicyclic) bond motifs is 1. The maximum atomic E-state index is 3.58. The van der Waals surface area contributed by atoms with E-state index in [9.17, 15) is 0 Å². The van der Waals surface area contributed by atoms with Crippen molar-refractivity contribution in [3.05, 3.63) is 33.8 Å². The van der Waals surface area contributed by atoms with Crippen LogP contribution >= 0.6 is 15.9 Å². The molecule has 0 spiro atoms. The van der Waals surface area contributed by atoms with Crippen LogP contribution in [0.3, 0.4) is 0 Å². The number of hydrogen-bond acceptors (Lipinski definition) is 1. The zero-order valence-electron chi connectivity index (χ0n) is 9.75. The summed E-state index contributed by atoms with van der Waals surface area (Å²) in [5, 5.41) is 0. The van der Waals surface area contributed by atoms with Crippen molar-refractivity contribution in [1.82, 2.24) is 4.90 Å². The summed E-state index contributed by atoms with van der Waals surface area (Å²) in [6.45, 7) is 4.91. The van der Waals surface area contributed by atoms with Gasteiger partial charge in [-0.1, -0.05) is 22.0 Å². The third-order valence-electron chi connectivity index (χ3n) is 3.96. The molecule has 3 rings (SSSR count). The Balaban J connectivity index is 1.84. The van der Waals surface area contributed by atoms with Gasteiger partial charge in [0.2, 0.25) is 0 Å². The summed E-state index contributed by atoms with van der Waals surface area (Å²) in [4.78, 5) is 2.66. The van der Waals surface area contributed by atoms with Gasteiger partial charge in [0.1, 0.15) is 0 Å². The molecule has 2 heteroatoms. The highest BCUT2D eigenvalue weighted by molar-refractivity contribution is 9.10. The fourth-order valence-electron chi connectivity index (χ4n) is 2.72. The molecule has 16 heavy (non-hydrogen) atoms. The zero-order chi connectivity index (χ0) is 11.1. The maximum absolute atomic E-state index is 3.58.